The van der Waals surface area contributed by atoms with Gasteiger partial charge < -0.3 is 4.74 Å². The van der Waals surface area contributed by atoms with Crippen LogP contribution in [0.5, 0.6) is 0 Å². The lowest BCUT2D eigenvalue weighted by atomic mass is 10.4. The van der Waals surface area contributed by atoms with Crippen LogP contribution in [-0.4, -0.2) is 18.3 Å². The van der Waals surface area contributed by atoms with E-state index in [9.17, 15) is 4.79 Å². The summed E-state index contributed by atoms with van der Waals surface area (Å²) >= 11 is 13.2. The average molecular weight is 265 g/mol. The van der Waals surface area contributed by atoms with Gasteiger partial charge in [0.15, 0.2) is 0 Å². The number of carbonyl (C=O) groups excluding carboxylic acids is 1. The Morgan fingerprint density at radius 2 is 1.93 bits per heavy atom. The topological polar surface area (TPSA) is 26.3 Å². The molecule has 0 fully saturated rings. The number of ether oxygens (including phenoxy) is 1. The molecule has 0 aliphatic heterocycles. The van der Waals surface area contributed by atoms with E-state index in [4.69, 9.17) is 23.2 Å². The minimum Gasteiger partial charge on any atom is -0.468 e. The van der Waals surface area contributed by atoms with Crippen LogP contribution in [0.1, 0.15) is 6.92 Å². The summed E-state index contributed by atoms with van der Waals surface area (Å²) in [6.45, 7) is 1.75. The molecule has 15 heavy (non-hydrogen) atoms. The largest absolute Gasteiger partial charge is 0.468 e. The lowest BCUT2D eigenvalue weighted by molar-refractivity contribution is -0.139. The van der Waals surface area contributed by atoms with Gasteiger partial charge in [-0.1, -0.05) is 29.3 Å². The number of halogens is 2. The molecule has 0 spiro atoms. The summed E-state index contributed by atoms with van der Waals surface area (Å²) < 4.78 is 4.62. The van der Waals surface area contributed by atoms with Crippen LogP contribution in [0.3, 0.4) is 0 Å². The fraction of sp³-hybridized carbons (Fsp3) is 0.300. The Morgan fingerprint density at radius 1 is 1.40 bits per heavy atom. The molecular weight excluding hydrogens is 255 g/mol. The van der Waals surface area contributed by atoms with Crippen molar-refractivity contribution >= 4 is 40.9 Å². The Bertz CT molecular complexity index is 348. The molecule has 0 saturated carbocycles. The van der Waals surface area contributed by atoms with Crippen LogP contribution >= 0.6 is 35.0 Å². The minimum atomic E-state index is -0.326. The van der Waals surface area contributed by atoms with E-state index < -0.39 is 0 Å². The Hall–Kier alpha value is -0.380. The number of rotatable bonds is 3. The van der Waals surface area contributed by atoms with Crippen molar-refractivity contribution < 1.29 is 9.53 Å². The molecule has 0 aromatic heterocycles. The van der Waals surface area contributed by atoms with Crippen LogP contribution in [0.15, 0.2) is 23.1 Å². The molecule has 82 valence electrons. The third-order valence-electron chi connectivity index (χ3n) is 1.75. The first kappa shape index (κ1) is 12.7. The van der Waals surface area contributed by atoms with E-state index in [1.54, 1.807) is 25.1 Å². The summed E-state index contributed by atoms with van der Waals surface area (Å²) in [5, 5.41) is 0.763. The third-order valence-corrected chi connectivity index (χ3v) is 3.82. The first-order valence-electron chi connectivity index (χ1n) is 4.24. The Labute approximate surface area is 103 Å². The van der Waals surface area contributed by atoms with Crippen molar-refractivity contribution in [1.82, 2.24) is 0 Å². The van der Waals surface area contributed by atoms with Crippen LogP contribution < -0.4 is 0 Å². The quantitative estimate of drug-likeness (QED) is 0.616. The predicted octanol–water partition coefficient (Wildman–Crippen LogP) is 3.65. The van der Waals surface area contributed by atoms with Gasteiger partial charge in [-0.15, -0.1) is 11.8 Å². The molecular formula is C10H10Cl2O2S. The maximum atomic E-state index is 11.2. The van der Waals surface area contributed by atoms with Crippen molar-refractivity contribution in [2.75, 3.05) is 7.11 Å². The van der Waals surface area contributed by atoms with Gasteiger partial charge in [0.05, 0.1) is 17.2 Å². The van der Waals surface area contributed by atoms with Crippen molar-refractivity contribution in [2.24, 2.45) is 0 Å². The lowest BCUT2D eigenvalue weighted by Gasteiger charge is -2.11. The molecule has 0 N–H and O–H groups in total. The van der Waals surface area contributed by atoms with Gasteiger partial charge in [0.1, 0.15) is 5.25 Å². The summed E-state index contributed by atoms with van der Waals surface area (Å²) in [7, 11) is 1.35. The highest BCUT2D eigenvalue weighted by Crippen LogP contribution is 2.36. The first-order valence-corrected chi connectivity index (χ1v) is 5.88. The van der Waals surface area contributed by atoms with Gasteiger partial charge in [-0.05, 0) is 19.1 Å². The summed E-state index contributed by atoms with van der Waals surface area (Å²) in [4.78, 5) is 11.9. The zero-order chi connectivity index (χ0) is 11.4. The molecule has 2 nitrogen and oxygen atoms in total. The van der Waals surface area contributed by atoms with E-state index in [1.807, 2.05) is 0 Å². The summed E-state index contributed by atoms with van der Waals surface area (Å²) in [6, 6.07) is 5.23. The first-order chi connectivity index (χ1) is 7.06. The van der Waals surface area contributed by atoms with E-state index in [1.165, 1.54) is 18.9 Å². The van der Waals surface area contributed by atoms with Crippen LogP contribution in [0, 0.1) is 0 Å². The summed E-state index contributed by atoms with van der Waals surface area (Å²) in [6.07, 6.45) is 0. The molecule has 1 aromatic rings. The molecule has 1 rings (SSSR count). The minimum absolute atomic E-state index is 0.295. The van der Waals surface area contributed by atoms with Gasteiger partial charge in [0, 0.05) is 4.90 Å². The predicted molar refractivity (Wildman–Crippen MR) is 63.8 cm³/mol. The maximum absolute atomic E-state index is 11.2. The molecule has 0 aliphatic carbocycles. The second-order valence-corrected chi connectivity index (χ2v) is 5.00. The Balaban J connectivity index is 2.85. The molecule has 0 amide bonds. The molecule has 0 bridgehead atoms. The van der Waals surface area contributed by atoms with Gasteiger partial charge in [-0.2, -0.15) is 0 Å². The second-order valence-electron chi connectivity index (χ2n) is 2.83. The van der Waals surface area contributed by atoms with Gasteiger partial charge in [-0.3, -0.25) is 4.79 Å². The van der Waals surface area contributed by atoms with E-state index in [2.05, 4.69) is 4.74 Å². The molecule has 1 unspecified atom stereocenters. The number of esters is 1. The molecule has 5 heteroatoms. The maximum Gasteiger partial charge on any atom is 0.318 e. The van der Waals surface area contributed by atoms with Crippen LogP contribution in [0.4, 0.5) is 0 Å². The van der Waals surface area contributed by atoms with E-state index in [-0.39, 0.29) is 11.2 Å². The van der Waals surface area contributed by atoms with E-state index in [0.29, 0.717) is 14.9 Å². The van der Waals surface area contributed by atoms with Crippen molar-refractivity contribution in [3.63, 3.8) is 0 Å². The third kappa shape index (κ3) is 3.30. The number of hydrogen-bond acceptors (Lipinski definition) is 3. The normalized spacial score (nSPS) is 12.3. The SMILES string of the molecule is COC(=O)C(C)Sc1c(Cl)cccc1Cl. The Morgan fingerprint density at radius 3 is 2.40 bits per heavy atom. The van der Waals surface area contributed by atoms with Crippen LogP contribution in [0.2, 0.25) is 10.0 Å². The molecule has 0 radical (unpaired) electrons. The van der Waals surface area contributed by atoms with Gasteiger partial charge >= 0.3 is 5.97 Å². The van der Waals surface area contributed by atoms with E-state index >= 15 is 0 Å². The highest BCUT2D eigenvalue weighted by atomic mass is 35.5. The second kappa shape index (κ2) is 5.64. The standard InChI is InChI=1S/C10H10Cl2O2S/c1-6(10(13)14-2)15-9-7(11)4-3-5-8(9)12/h3-6H,1-2H3. The zero-order valence-corrected chi connectivity index (χ0v) is 10.6. The fourth-order valence-corrected chi connectivity index (χ4v) is 2.56. The fourth-order valence-electron chi connectivity index (χ4n) is 0.986. The van der Waals surface area contributed by atoms with Crippen molar-refractivity contribution in [3.8, 4) is 0 Å². The monoisotopic (exact) mass is 264 g/mol. The molecule has 1 aromatic carbocycles. The van der Waals surface area contributed by atoms with Gasteiger partial charge in [0.2, 0.25) is 0 Å². The van der Waals surface area contributed by atoms with E-state index in [0.717, 1.165) is 0 Å². The zero-order valence-electron chi connectivity index (χ0n) is 8.29. The number of carbonyl (C=O) groups is 1. The number of benzene rings is 1. The number of hydrogen-bond donors (Lipinski definition) is 0. The van der Waals surface area contributed by atoms with Crippen LogP contribution in [0.25, 0.3) is 0 Å². The van der Waals surface area contributed by atoms with Crippen molar-refractivity contribution in [2.45, 2.75) is 17.1 Å². The Kier molecular flexibility index (Phi) is 4.77. The molecule has 0 aliphatic rings. The highest BCUT2D eigenvalue weighted by Gasteiger charge is 2.17. The van der Waals surface area contributed by atoms with Gasteiger partial charge in [-0.25, -0.2) is 0 Å². The summed E-state index contributed by atoms with van der Waals surface area (Å²) in [5.74, 6) is -0.295. The average Bonchev–Trinajstić information content (AvgIpc) is 2.22. The lowest BCUT2D eigenvalue weighted by Crippen LogP contribution is -2.14. The molecule has 0 heterocycles. The van der Waals surface area contributed by atoms with Crippen molar-refractivity contribution in [3.05, 3.63) is 28.2 Å². The number of methoxy groups -OCH3 is 1. The highest BCUT2D eigenvalue weighted by molar-refractivity contribution is 8.00. The van der Waals surface area contributed by atoms with Gasteiger partial charge in [0.25, 0.3) is 0 Å². The molecule has 1 atom stereocenters. The van der Waals surface area contributed by atoms with Crippen LogP contribution in [-0.2, 0) is 9.53 Å². The number of thioether (sulfide) groups is 1. The molecule has 0 saturated heterocycles. The van der Waals surface area contributed by atoms with Crippen molar-refractivity contribution in [1.29, 1.82) is 0 Å². The smallest absolute Gasteiger partial charge is 0.318 e. The summed E-state index contributed by atoms with van der Waals surface area (Å²) in [5.41, 5.74) is 0.